The van der Waals surface area contributed by atoms with Crippen molar-refractivity contribution in [2.45, 2.75) is 26.8 Å². The van der Waals surface area contributed by atoms with Crippen molar-refractivity contribution in [3.63, 3.8) is 0 Å². The van der Waals surface area contributed by atoms with Gasteiger partial charge in [-0.1, -0.05) is 30.3 Å². The third kappa shape index (κ3) is 4.21. The van der Waals surface area contributed by atoms with Crippen LogP contribution in [0.25, 0.3) is 10.9 Å². The first-order valence-electron chi connectivity index (χ1n) is 8.70. The highest BCUT2D eigenvalue weighted by atomic mass is 16.5. The Morgan fingerprint density at radius 1 is 1.12 bits per heavy atom. The highest BCUT2D eigenvalue weighted by Crippen LogP contribution is 2.18. The number of hydrogen-bond acceptors (Lipinski definition) is 2. The summed E-state index contributed by atoms with van der Waals surface area (Å²) in [6.45, 7) is 6.09. The standard InChI is InChI=1S/C21H24N2O2/c1-3-25-19-10-8-17(9-11-19)15-21(24)22-12-13-23-16(2)14-18-6-4-5-7-20(18)23/h4-11,14H,3,12-13,15H2,1-2H3,(H,22,24). The van der Waals surface area contributed by atoms with Gasteiger partial charge in [-0.3, -0.25) is 4.79 Å². The van der Waals surface area contributed by atoms with Gasteiger partial charge in [0.1, 0.15) is 5.75 Å². The Morgan fingerprint density at radius 3 is 2.64 bits per heavy atom. The van der Waals surface area contributed by atoms with Gasteiger partial charge in [-0.05, 0) is 49.1 Å². The summed E-state index contributed by atoms with van der Waals surface area (Å²) in [5, 5.41) is 4.25. The van der Waals surface area contributed by atoms with Crippen LogP contribution in [-0.4, -0.2) is 23.6 Å². The summed E-state index contributed by atoms with van der Waals surface area (Å²) in [4.78, 5) is 12.1. The second-order valence-corrected chi connectivity index (χ2v) is 6.10. The molecule has 130 valence electrons. The SMILES string of the molecule is CCOc1ccc(CC(=O)NCCn2c(C)cc3ccccc32)cc1. The summed E-state index contributed by atoms with van der Waals surface area (Å²) in [5.41, 5.74) is 3.41. The van der Waals surface area contributed by atoms with Crippen molar-refractivity contribution in [2.24, 2.45) is 0 Å². The third-order valence-electron chi connectivity index (χ3n) is 4.27. The quantitative estimate of drug-likeness (QED) is 0.715. The number of rotatable bonds is 7. The Hall–Kier alpha value is -2.75. The summed E-state index contributed by atoms with van der Waals surface area (Å²) in [7, 11) is 0. The molecule has 0 saturated carbocycles. The van der Waals surface area contributed by atoms with Crippen LogP contribution in [0.4, 0.5) is 0 Å². The Bertz CT molecular complexity index is 850. The lowest BCUT2D eigenvalue weighted by molar-refractivity contribution is -0.120. The van der Waals surface area contributed by atoms with E-state index in [1.165, 1.54) is 16.6 Å². The third-order valence-corrected chi connectivity index (χ3v) is 4.27. The number of carbonyl (C=O) groups is 1. The van der Waals surface area contributed by atoms with E-state index in [1.807, 2.05) is 43.3 Å². The largest absolute Gasteiger partial charge is 0.494 e. The van der Waals surface area contributed by atoms with Gasteiger partial charge >= 0.3 is 0 Å². The average Bonchev–Trinajstić information content (AvgIpc) is 2.93. The molecule has 3 aromatic rings. The molecule has 0 aliphatic carbocycles. The van der Waals surface area contributed by atoms with Crippen LogP contribution in [0.2, 0.25) is 0 Å². The van der Waals surface area contributed by atoms with Gasteiger partial charge in [0.25, 0.3) is 0 Å². The van der Waals surface area contributed by atoms with Crippen molar-refractivity contribution >= 4 is 16.8 Å². The van der Waals surface area contributed by atoms with Gasteiger partial charge in [-0.2, -0.15) is 0 Å². The number of benzene rings is 2. The summed E-state index contributed by atoms with van der Waals surface area (Å²) < 4.78 is 7.66. The minimum atomic E-state index is 0.0401. The predicted molar refractivity (Wildman–Crippen MR) is 101 cm³/mol. The molecule has 0 saturated heterocycles. The second-order valence-electron chi connectivity index (χ2n) is 6.10. The van der Waals surface area contributed by atoms with E-state index in [0.717, 1.165) is 17.9 Å². The molecule has 0 bridgehead atoms. The fourth-order valence-corrected chi connectivity index (χ4v) is 3.07. The first-order valence-corrected chi connectivity index (χ1v) is 8.70. The van der Waals surface area contributed by atoms with Gasteiger partial charge in [-0.25, -0.2) is 0 Å². The van der Waals surface area contributed by atoms with E-state index in [4.69, 9.17) is 4.74 Å². The molecule has 1 aromatic heterocycles. The van der Waals surface area contributed by atoms with E-state index in [-0.39, 0.29) is 5.91 Å². The molecule has 4 heteroatoms. The Morgan fingerprint density at radius 2 is 1.88 bits per heavy atom. The zero-order valence-electron chi connectivity index (χ0n) is 14.8. The lowest BCUT2D eigenvalue weighted by Crippen LogP contribution is -2.28. The molecule has 1 amide bonds. The Labute approximate surface area is 148 Å². The summed E-state index contributed by atoms with van der Waals surface area (Å²) in [6, 6.07) is 18.2. The molecular weight excluding hydrogens is 312 g/mol. The fraction of sp³-hybridized carbons (Fsp3) is 0.286. The number of nitrogens with one attached hydrogen (secondary N) is 1. The van der Waals surface area contributed by atoms with Gasteiger partial charge in [0.15, 0.2) is 0 Å². The van der Waals surface area contributed by atoms with Gasteiger partial charge in [0.05, 0.1) is 13.0 Å². The first-order chi connectivity index (χ1) is 12.2. The van der Waals surface area contributed by atoms with Gasteiger partial charge in [-0.15, -0.1) is 0 Å². The maximum atomic E-state index is 12.1. The molecule has 1 N–H and O–H groups in total. The Balaban J connectivity index is 1.53. The van der Waals surface area contributed by atoms with Crippen LogP contribution in [0.3, 0.4) is 0 Å². The number of fused-ring (bicyclic) bond motifs is 1. The molecule has 0 unspecified atom stereocenters. The molecule has 0 aliphatic heterocycles. The van der Waals surface area contributed by atoms with Crippen molar-refractivity contribution in [1.29, 1.82) is 0 Å². The number of para-hydroxylation sites is 1. The minimum Gasteiger partial charge on any atom is -0.494 e. The zero-order valence-corrected chi connectivity index (χ0v) is 14.8. The van der Waals surface area contributed by atoms with Crippen LogP contribution in [0.5, 0.6) is 5.75 Å². The number of ether oxygens (including phenoxy) is 1. The normalized spacial score (nSPS) is 10.8. The number of hydrogen-bond donors (Lipinski definition) is 1. The highest BCUT2D eigenvalue weighted by Gasteiger charge is 2.07. The van der Waals surface area contributed by atoms with Crippen molar-refractivity contribution in [2.75, 3.05) is 13.2 Å². The van der Waals surface area contributed by atoms with Crippen LogP contribution in [0, 0.1) is 6.92 Å². The molecule has 0 fully saturated rings. The monoisotopic (exact) mass is 336 g/mol. The second kappa shape index (κ2) is 7.88. The first kappa shape index (κ1) is 17.1. The highest BCUT2D eigenvalue weighted by molar-refractivity contribution is 5.81. The van der Waals surface area contributed by atoms with Gasteiger partial charge in [0.2, 0.25) is 5.91 Å². The summed E-state index contributed by atoms with van der Waals surface area (Å²) in [6.07, 6.45) is 0.387. The smallest absolute Gasteiger partial charge is 0.224 e. The number of nitrogens with zero attached hydrogens (tertiary/aromatic N) is 1. The fourth-order valence-electron chi connectivity index (χ4n) is 3.07. The van der Waals surface area contributed by atoms with Crippen LogP contribution in [0.1, 0.15) is 18.2 Å². The van der Waals surface area contributed by atoms with E-state index in [0.29, 0.717) is 19.6 Å². The molecule has 0 radical (unpaired) electrons. The summed E-state index contributed by atoms with van der Waals surface area (Å²) >= 11 is 0. The van der Waals surface area contributed by atoms with Crippen LogP contribution < -0.4 is 10.1 Å². The topological polar surface area (TPSA) is 43.3 Å². The van der Waals surface area contributed by atoms with Crippen LogP contribution in [0.15, 0.2) is 54.6 Å². The van der Waals surface area contributed by atoms with E-state index in [9.17, 15) is 4.79 Å². The lowest BCUT2D eigenvalue weighted by atomic mass is 10.1. The maximum absolute atomic E-state index is 12.1. The number of carbonyl (C=O) groups excluding carboxylic acids is 1. The van der Waals surface area contributed by atoms with E-state index >= 15 is 0 Å². The number of aryl methyl sites for hydroxylation is 1. The Kier molecular flexibility index (Phi) is 5.39. The predicted octanol–water partition coefficient (Wildman–Crippen LogP) is 3.71. The molecule has 25 heavy (non-hydrogen) atoms. The average molecular weight is 336 g/mol. The maximum Gasteiger partial charge on any atom is 0.224 e. The number of amides is 1. The minimum absolute atomic E-state index is 0.0401. The van der Waals surface area contributed by atoms with Crippen molar-refractivity contribution in [3.8, 4) is 5.75 Å². The molecule has 3 rings (SSSR count). The van der Waals surface area contributed by atoms with E-state index in [1.54, 1.807) is 0 Å². The zero-order chi connectivity index (χ0) is 17.6. The lowest BCUT2D eigenvalue weighted by Gasteiger charge is -2.10. The molecule has 1 heterocycles. The molecule has 2 aromatic carbocycles. The summed E-state index contributed by atoms with van der Waals surface area (Å²) in [5.74, 6) is 0.875. The van der Waals surface area contributed by atoms with Crippen LogP contribution >= 0.6 is 0 Å². The molecule has 4 nitrogen and oxygen atoms in total. The molecule has 0 spiro atoms. The van der Waals surface area contributed by atoms with E-state index < -0.39 is 0 Å². The molecule has 0 aliphatic rings. The van der Waals surface area contributed by atoms with Gasteiger partial charge in [0, 0.05) is 24.3 Å². The van der Waals surface area contributed by atoms with Crippen molar-refractivity contribution in [1.82, 2.24) is 9.88 Å². The molecule has 0 atom stereocenters. The van der Waals surface area contributed by atoms with Crippen molar-refractivity contribution < 1.29 is 9.53 Å². The molecular formula is C21H24N2O2. The van der Waals surface area contributed by atoms with Gasteiger partial charge < -0.3 is 14.6 Å². The van der Waals surface area contributed by atoms with Crippen LogP contribution in [-0.2, 0) is 17.8 Å². The van der Waals surface area contributed by atoms with E-state index in [2.05, 4.69) is 35.0 Å². The van der Waals surface area contributed by atoms with Crippen molar-refractivity contribution in [3.05, 3.63) is 65.9 Å². The number of aromatic nitrogens is 1.